The third kappa shape index (κ3) is 9.87. The van der Waals surface area contributed by atoms with Crippen LogP contribution in [0.4, 0.5) is 0 Å². The quantitative estimate of drug-likeness (QED) is 0.174. The fourth-order valence-corrected chi connectivity index (χ4v) is 3.84. The number of nitrogens with zero attached hydrogens (tertiary/aromatic N) is 3. The van der Waals surface area contributed by atoms with E-state index in [-0.39, 0.29) is 42.3 Å². The van der Waals surface area contributed by atoms with Crippen molar-refractivity contribution in [2.75, 3.05) is 39.3 Å². The molecule has 0 spiro atoms. The molecule has 0 saturated carbocycles. The van der Waals surface area contributed by atoms with E-state index in [0.29, 0.717) is 37.3 Å². The maximum Gasteiger partial charge on any atom is 0.254 e. The van der Waals surface area contributed by atoms with E-state index in [1.165, 1.54) is 0 Å². The van der Waals surface area contributed by atoms with E-state index in [1.54, 1.807) is 4.90 Å². The molecule has 0 atom stereocenters. The molecule has 0 aromatic heterocycles. The molecule has 9 heteroatoms. The molecule has 1 saturated heterocycles. The molecule has 2 amide bonds. The minimum Gasteiger partial charge on any atom is -0.357 e. The SMILES string of the molecule is CCNC(=NCc1ccc(C(=O)N2CCNC(=O)C2)cc1)NCCCN(C(C)C)C(C)C.I. The van der Waals surface area contributed by atoms with E-state index in [2.05, 4.69) is 60.5 Å². The van der Waals surface area contributed by atoms with Crippen LogP contribution >= 0.6 is 24.0 Å². The Hall–Kier alpha value is -1.88. The normalized spacial score (nSPS) is 14.4. The predicted molar refractivity (Wildman–Crippen MR) is 145 cm³/mol. The number of amides is 2. The van der Waals surface area contributed by atoms with Crippen LogP contribution in [-0.2, 0) is 11.3 Å². The van der Waals surface area contributed by atoms with E-state index in [0.717, 1.165) is 37.6 Å². The highest BCUT2D eigenvalue weighted by atomic mass is 127. The first-order valence-corrected chi connectivity index (χ1v) is 11.7. The summed E-state index contributed by atoms with van der Waals surface area (Å²) in [5.74, 6) is 0.578. The van der Waals surface area contributed by atoms with Gasteiger partial charge in [0.05, 0.1) is 13.1 Å². The second kappa shape index (κ2) is 15.1. The molecular weight excluding hydrogens is 531 g/mol. The second-order valence-electron chi connectivity index (χ2n) is 8.67. The van der Waals surface area contributed by atoms with Gasteiger partial charge in [-0.15, -0.1) is 24.0 Å². The monoisotopic (exact) mass is 572 g/mol. The van der Waals surface area contributed by atoms with Gasteiger partial charge < -0.3 is 20.9 Å². The largest absolute Gasteiger partial charge is 0.357 e. The van der Waals surface area contributed by atoms with Crippen molar-refractivity contribution in [3.8, 4) is 0 Å². The van der Waals surface area contributed by atoms with Crippen molar-refractivity contribution < 1.29 is 9.59 Å². The van der Waals surface area contributed by atoms with Gasteiger partial charge in [0.15, 0.2) is 5.96 Å². The Labute approximate surface area is 216 Å². The molecule has 1 aliphatic heterocycles. The molecule has 1 aromatic rings. The van der Waals surface area contributed by atoms with Crippen molar-refractivity contribution in [2.45, 2.75) is 59.7 Å². The van der Waals surface area contributed by atoms with Gasteiger partial charge in [0.1, 0.15) is 0 Å². The number of hydrogen-bond donors (Lipinski definition) is 3. The Morgan fingerprint density at radius 2 is 1.82 bits per heavy atom. The van der Waals surface area contributed by atoms with E-state index < -0.39 is 0 Å². The number of piperazine rings is 1. The van der Waals surface area contributed by atoms with Crippen molar-refractivity contribution in [2.24, 2.45) is 4.99 Å². The van der Waals surface area contributed by atoms with E-state index in [4.69, 9.17) is 0 Å². The third-order valence-corrected chi connectivity index (χ3v) is 5.50. The molecule has 3 N–H and O–H groups in total. The van der Waals surface area contributed by atoms with Crippen LogP contribution in [0.2, 0.25) is 0 Å². The minimum absolute atomic E-state index is 0. The number of nitrogens with one attached hydrogen (secondary N) is 3. The maximum atomic E-state index is 12.6. The molecule has 186 valence electrons. The molecule has 1 fully saturated rings. The summed E-state index contributed by atoms with van der Waals surface area (Å²) in [6.45, 7) is 15.4. The van der Waals surface area contributed by atoms with Gasteiger partial charge in [0.25, 0.3) is 5.91 Å². The number of rotatable bonds is 10. The molecule has 0 bridgehead atoms. The van der Waals surface area contributed by atoms with Crippen LogP contribution in [0.5, 0.6) is 0 Å². The Balaban J connectivity index is 0.00000544. The summed E-state index contributed by atoms with van der Waals surface area (Å²) in [7, 11) is 0. The number of hydrogen-bond acceptors (Lipinski definition) is 4. The molecule has 33 heavy (non-hydrogen) atoms. The topological polar surface area (TPSA) is 89.1 Å². The first kappa shape index (κ1) is 29.2. The second-order valence-corrected chi connectivity index (χ2v) is 8.67. The lowest BCUT2D eigenvalue weighted by Crippen LogP contribution is -2.49. The lowest BCUT2D eigenvalue weighted by Gasteiger charge is -2.30. The number of guanidine groups is 1. The number of halogens is 1. The molecular formula is C24H41IN6O2. The molecule has 0 aliphatic carbocycles. The summed E-state index contributed by atoms with van der Waals surface area (Å²) in [6, 6.07) is 8.55. The van der Waals surface area contributed by atoms with Crippen LogP contribution in [0.15, 0.2) is 29.3 Å². The van der Waals surface area contributed by atoms with Gasteiger partial charge in [-0.2, -0.15) is 0 Å². The third-order valence-electron chi connectivity index (χ3n) is 5.50. The van der Waals surface area contributed by atoms with Crippen molar-refractivity contribution in [1.82, 2.24) is 25.8 Å². The van der Waals surface area contributed by atoms with Crippen molar-refractivity contribution in [3.63, 3.8) is 0 Å². The smallest absolute Gasteiger partial charge is 0.254 e. The van der Waals surface area contributed by atoms with Gasteiger partial charge in [0.2, 0.25) is 5.91 Å². The van der Waals surface area contributed by atoms with Gasteiger partial charge >= 0.3 is 0 Å². The number of benzene rings is 1. The molecule has 2 rings (SSSR count). The summed E-state index contributed by atoms with van der Waals surface area (Å²) in [4.78, 5) is 32.9. The minimum atomic E-state index is -0.111. The number of carbonyl (C=O) groups is 2. The summed E-state index contributed by atoms with van der Waals surface area (Å²) >= 11 is 0. The Kier molecular flexibility index (Phi) is 13.3. The fourth-order valence-electron chi connectivity index (χ4n) is 3.84. The molecule has 8 nitrogen and oxygen atoms in total. The maximum absolute atomic E-state index is 12.6. The van der Waals surface area contributed by atoms with Crippen LogP contribution < -0.4 is 16.0 Å². The molecule has 1 heterocycles. The summed E-state index contributed by atoms with van der Waals surface area (Å²) in [6.07, 6.45) is 1.05. The zero-order valence-electron chi connectivity index (χ0n) is 20.7. The Morgan fingerprint density at radius 3 is 2.39 bits per heavy atom. The van der Waals surface area contributed by atoms with E-state index >= 15 is 0 Å². The number of aliphatic imine (C=N–C) groups is 1. The van der Waals surface area contributed by atoms with Gasteiger partial charge in [-0.25, -0.2) is 4.99 Å². The molecule has 1 aromatic carbocycles. The highest BCUT2D eigenvalue weighted by Crippen LogP contribution is 2.10. The summed E-state index contributed by atoms with van der Waals surface area (Å²) < 4.78 is 0. The van der Waals surface area contributed by atoms with Crippen LogP contribution in [0, 0.1) is 0 Å². The molecule has 0 unspecified atom stereocenters. The van der Waals surface area contributed by atoms with E-state index in [9.17, 15) is 9.59 Å². The van der Waals surface area contributed by atoms with Crippen molar-refractivity contribution in [1.29, 1.82) is 0 Å². The highest BCUT2D eigenvalue weighted by molar-refractivity contribution is 14.0. The lowest BCUT2D eigenvalue weighted by atomic mass is 10.1. The van der Waals surface area contributed by atoms with Crippen molar-refractivity contribution >= 4 is 41.8 Å². The summed E-state index contributed by atoms with van der Waals surface area (Å²) in [5, 5.41) is 9.44. The van der Waals surface area contributed by atoms with Gasteiger partial charge in [-0.05, 0) is 58.7 Å². The highest BCUT2D eigenvalue weighted by Gasteiger charge is 2.22. The Morgan fingerprint density at radius 1 is 1.15 bits per heavy atom. The fraction of sp³-hybridized carbons (Fsp3) is 0.625. The molecule has 0 radical (unpaired) electrons. The number of carbonyl (C=O) groups excluding carboxylic acids is 2. The lowest BCUT2D eigenvalue weighted by molar-refractivity contribution is -0.123. The van der Waals surface area contributed by atoms with Crippen molar-refractivity contribution in [3.05, 3.63) is 35.4 Å². The predicted octanol–water partition coefficient (Wildman–Crippen LogP) is 2.44. The van der Waals surface area contributed by atoms with Gasteiger partial charge in [-0.1, -0.05) is 12.1 Å². The van der Waals surface area contributed by atoms with Crippen LogP contribution in [0.25, 0.3) is 0 Å². The van der Waals surface area contributed by atoms with E-state index in [1.807, 2.05) is 24.3 Å². The molecule has 1 aliphatic rings. The van der Waals surface area contributed by atoms with Crippen LogP contribution in [0.1, 0.15) is 57.0 Å². The van der Waals surface area contributed by atoms with Crippen LogP contribution in [0.3, 0.4) is 0 Å². The average molecular weight is 573 g/mol. The summed E-state index contributed by atoms with van der Waals surface area (Å²) in [5.41, 5.74) is 1.62. The Bertz CT molecular complexity index is 759. The standard InChI is InChI=1S/C24H40N6O2.HI/c1-6-25-24(27-12-7-14-30(18(2)3)19(4)5)28-16-20-8-10-21(11-9-20)23(32)29-15-13-26-22(31)17-29;/h8-11,18-19H,6-7,12-17H2,1-5H3,(H,26,31)(H2,25,27,28);1H. The average Bonchev–Trinajstić information content (AvgIpc) is 2.76. The van der Waals surface area contributed by atoms with Gasteiger partial charge in [0, 0.05) is 50.4 Å². The zero-order chi connectivity index (χ0) is 23.5. The zero-order valence-corrected chi connectivity index (χ0v) is 23.0. The van der Waals surface area contributed by atoms with Crippen LogP contribution in [-0.4, -0.2) is 78.9 Å². The first-order valence-electron chi connectivity index (χ1n) is 11.7. The van der Waals surface area contributed by atoms with Gasteiger partial charge in [-0.3, -0.25) is 14.5 Å². The first-order chi connectivity index (χ1) is 15.3.